The van der Waals surface area contributed by atoms with E-state index in [-0.39, 0.29) is 0 Å². The average Bonchev–Trinajstić information content (AvgIpc) is 2.10. The largest absolute Gasteiger partial charge is 0.322 e. The van der Waals surface area contributed by atoms with Gasteiger partial charge in [-0.2, -0.15) is 0 Å². The molecular weight excluding hydrogens is 146 g/mol. The van der Waals surface area contributed by atoms with Gasteiger partial charge in [0.15, 0.2) is 6.04 Å². The maximum atomic E-state index is 11.7. The molecule has 1 unspecified atom stereocenters. The zero-order chi connectivity index (χ0) is 7.72. The number of urea groups is 1. The molecule has 0 spiro atoms. The van der Waals surface area contributed by atoms with Gasteiger partial charge in [-0.15, -0.1) is 0 Å². The van der Waals surface area contributed by atoms with Gasteiger partial charge in [-0.3, -0.25) is 10.1 Å². The van der Waals surface area contributed by atoms with E-state index in [1.165, 1.54) is 0 Å². The number of carbonyl (C=O) groups excluding carboxylic acids is 2. The minimum atomic E-state index is -2.84. The highest BCUT2D eigenvalue weighted by atomic mass is 19.3. The minimum absolute atomic E-state index is 0.865. The van der Waals surface area contributed by atoms with Gasteiger partial charge in [0.25, 0.3) is 12.3 Å². The summed E-state index contributed by atoms with van der Waals surface area (Å²) < 4.78 is 23.4. The van der Waals surface area contributed by atoms with Crippen molar-refractivity contribution in [3.8, 4) is 0 Å². The Hall–Kier alpha value is -1.20. The number of nitrogens with one attached hydrogen (secondary N) is 2. The Balaban J connectivity index is 2.63. The normalized spacial score (nSPS) is 24.9. The molecule has 1 aliphatic rings. The summed E-state index contributed by atoms with van der Waals surface area (Å²) in [6.07, 6.45) is -2.84. The lowest BCUT2D eigenvalue weighted by atomic mass is 10.3. The first-order valence-corrected chi connectivity index (χ1v) is 2.51. The third-order valence-corrected chi connectivity index (χ3v) is 1.06. The molecule has 6 heteroatoms. The molecule has 1 heterocycles. The van der Waals surface area contributed by atoms with E-state index in [0.29, 0.717) is 0 Å². The number of amides is 3. The van der Waals surface area contributed by atoms with Crippen LogP contribution in [0.4, 0.5) is 13.6 Å². The Morgan fingerprint density at radius 1 is 1.40 bits per heavy atom. The Kier molecular flexibility index (Phi) is 1.52. The van der Waals surface area contributed by atoms with Gasteiger partial charge in [-0.05, 0) is 0 Å². The van der Waals surface area contributed by atoms with E-state index in [4.69, 9.17) is 0 Å². The third-order valence-electron chi connectivity index (χ3n) is 1.06. The van der Waals surface area contributed by atoms with Crippen LogP contribution in [0.3, 0.4) is 0 Å². The number of hydrogen-bond donors (Lipinski definition) is 2. The van der Waals surface area contributed by atoms with Crippen molar-refractivity contribution in [1.29, 1.82) is 0 Å². The molecule has 0 aromatic heterocycles. The first-order chi connectivity index (χ1) is 4.61. The molecular formula is C4H4F2N2O2. The molecule has 1 atom stereocenters. The summed E-state index contributed by atoms with van der Waals surface area (Å²) in [4.78, 5) is 20.5. The number of carbonyl (C=O) groups is 2. The van der Waals surface area contributed by atoms with Crippen molar-refractivity contribution in [1.82, 2.24) is 10.6 Å². The maximum absolute atomic E-state index is 11.7. The number of imide groups is 1. The molecule has 0 bridgehead atoms. The summed E-state index contributed by atoms with van der Waals surface area (Å²) in [6, 6.07) is -2.54. The van der Waals surface area contributed by atoms with Crippen LogP contribution in [-0.4, -0.2) is 24.4 Å². The molecule has 10 heavy (non-hydrogen) atoms. The van der Waals surface area contributed by atoms with Gasteiger partial charge >= 0.3 is 6.03 Å². The molecule has 1 saturated heterocycles. The Bertz CT molecular complexity index is 182. The van der Waals surface area contributed by atoms with Crippen molar-refractivity contribution < 1.29 is 18.4 Å². The van der Waals surface area contributed by atoms with Crippen molar-refractivity contribution in [2.45, 2.75) is 12.5 Å². The Morgan fingerprint density at radius 3 is 2.20 bits per heavy atom. The molecule has 0 saturated carbocycles. The summed E-state index contributed by atoms with van der Waals surface area (Å²) in [5.74, 6) is -0.972. The van der Waals surface area contributed by atoms with Crippen molar-refractivity contribution in [3.63, 3.8) is 0 Å². The standard InChI is InChI=1S/C4H4F2N2O2/c5-2(6)1-3(9)8-4(10)7-1/h1-2H,(H2,7,8,9,10). The molecule has 0 radical (unpaired) electrons. The lowest BCUT2D eigenvalue weighted by molar-refractivity contribution is -0.123. The lowest BCUT2D eigenvalue weighted by Gasteiger charge is -2.02. The van der Waals surface area contributed by atoms with E-state index in [2.05, 4.69) is 0 Å². The van der Waals surface area contributed by atoms with Crippen LogP contribution in [0, 0.1) is 0 Å². The molecule has 1 rings (SSSR count). The topological polar surface area (TPSA) is 58.2 Å². The van der Waals surface area contributed by atoms with Crippen LogP contribution in [0.2, 0.25) is 0 Å². The van der Waals surface area contributed by atoms with Crippen LogP contribution in [-0.2, 0) is 4.79 Å². The summed E-state index contributed by atoms with van der Waals surface area (Å²) in [6.45, 7) is 0. The minimum Gasteiger partial charge on any atom is -0.321 e. The summed E-state index contributed by atoms with van der Waals surface area (Å²) >= 11 is 0. The van der Waals surface area contributed by atoms with Gasteiger partial charge in [0, 0.05) is 0 Å². The second-order valence-electron chi connectivity index (χ2n) is 1.77. The molecule has 1 fully saturated rings. The molecule has 2 N–H and O–H groups in total. The van der Waals surface area contributed by atoms with E-state index < -0.39 is 24.4 Å². The Labute approximate surface area is 54.6 Å². The fourth-order valence-electron chi connectivity index (χ4n) is 0.610. The van der Waals surface area contributed by atoms with Crippen LogP contribution in [0.5, 0.6) is 0 Å². The third kappa shape index (κ3) is 1.04. The highest BCUT2D eigenvalue weighted by Crippen LogP contribution is 2.04. The fourth-order valence-corrected chi connectivity index (χ4v) is 0.610. The van der Waals surface area contributed by atoms with Gasteiger partial charge in [0.2, 0.25) is 0 Å². The monoisotopic (exact) mass is 150 g/mol. The van der Waals surface area contributed by atoms with Crippen molar-refractivity contribution >= 4 is 11.9 Å². The highest BCUT2D eigenvalue weighted by molar-refractivity contribution is 6.04. The van der Waals surface area contributed by atoms with E-state index in [1.807, 2.05) is 0 Å². The van der Waals surface area contributed by atoms with Crippen molar-refractivity contribution in [3.05, 3.63) is 0 Å². The first-order valence-electron chi connectivity index (χ1n) is 2.51. The van der Waals surface area contributed by atoms with Gasteiger partial charge in [0.1, 0.15) is 0 Å². The van der Waals surface area contributed by atoms with E-state index >= 15 is 0 Å². The quantitative estimate of drug-likeness (QED) is 0.493. The Morgan fingerprint density at radius 2 is 2.00 bits per heavy atom. The van der Waals surface area contributed by atoms with Crippen LogP contribution >= 0.6 is 0 Å². The molecule has 56 valence electrons. The van der Waals surface area contributed by atoms with Crippen molar-refractivity contribution in [2.24, 2.45) is 0 Å². The van der Waals surface area contributed by atoms with Crippen LogP contribution in [0.25, 0.3) is 0 Å². The molecule has 3 amide bonds. The molecule has 0 aliphatic carbocycles. The fraction of sp³-hybridized carbons (Fsp3) is 0.500. The van der Waals surface area contributed by atoms with Gasteiger partial charge in [0.05, 0.1) is 0 Å². The van der Waals surface area contributed by atoms with E-state index in [9.17, 15) is 18.4 Å². The van der Waals surface area contributed by atoms with E-state index in [0.717, 1.165) is 0 Å². The number of halogens is 2. The van der Waals surface area contributed by atoms with Gasteiger partial charge in [-0.25, -0.2) is 13.6 Å². The highest BCUT2D eigenvalue weighted by Gasteiger charge is 2.36. The SMILES string of the molecule is O=C1NC(=O)C(C(F)F)N1. The summed E-state index contributed by atoms with van der Waals surface area (Å²) in [5.41, 5.74) is 0. The number of alkyl halides is 2. The number of hydrogen-bond acceptors (Lipinski definition) is 2. The van der Waals surface area contributed by atoms with E-state index in [1.54, 1.807) is 10.6 Å². The predicted molar refractivity (Wildman–Crippen MR) is 26.5 cm³/mol. The predicted octanol–water partition coefficient (Wildman–Crippen LogP) is -0.541. The molecule has 0 aromatic carbocycles. The summed E-state index contributed by atoms with van der Waals surface area (Å²) in [5, 5.41) is 3.43. The molecule has 4 nitrogen and oxygen atoms in total. The number of rotatable bonds is 1. The van der Waals surface area contributed by atoms with Gasteiger partial charge in [-0.1, -0.05) is 0 Å². The zero-order valence-corrected chi connectivity index (χ0v) is 4.73. The molecule has 1 aliphatic heterocycles. The van der Waals surface area contributed by atoms with Gasteiger partial charge < -0.3 is 5.32 Å². The van der Waals surface area contributed by atoms with Crippen LogP contribution in [0.15, 0.2) is 0 Å². The summed E-state index contributed by atoms with van der Waals surface area (Å²) in [7, 11) is 0. The first kappa shape index (κ1) is 6.91. The van der Waals surface area contributed by atoms with Crippen LogP contribution < -0.4 is 10.6 Å². The average molecular weight is 150 g/mol. The lowest BCUT2D eigenvalue weighted by Crippen LogP contribution is -2.35. The second-order valence-corrected chi connectivity index (χ2v) is 1.77. The molecule has 0 aromatic rings. The second kappa shape index (κ2) is 2.20. The zero-order valence-electron chi connectivity index (χ0n) is 4.73. The van der Waals surface area contributed by atoms with Crippen LogP contribution in [0.1, 0.15) is 0 Å². The smallest absolute Gasteiger partial charge is 0.321 e. The van der Waals surface area contributed by atoms with Crippen molar-refractivity contribution in [2.75, 3.05) is 0 Å². The maximum Gasteiger partial charge on any atom is 0.322 e.